The molecule has 2 heterocycles. The average Bonchev–Trinajstić information content (AvgIpc) is 3.07. The first-order valence-corrected chi connectivity index (χ1v) is 9.45. The first kappa shape index (κ1) is 17.2. The van der Waals surface area contributed by atoms with Gasteiger partial charge in [-0.05, 0) is 48.7 Å². The zero-order valence-corrected chi connectivity index (χ0v) is 15.9. The summed E-state index contributed by atoms with van der Waals surface area (Å²) in [5, 5.41) is 3.90. The summed E-state index contributed by atoms with van der Waals surface area (Å²) in [7, 11) is 0. The molecular weight excluding hydrogens is 358 g/mol. The average molecular weight is 377 g/mol. The number of aromatic nitrogens is 3. The zero-order chi connectivity index (χ0) is 18.8. The quantitative estimate of drug-likeness (QED) is 0.505. The summed E-state index contributed by atoms with van der Waals surface area (Å²) in [6, 6.07) is 14.0. The van der Waals surface area contributed by atoms with Gasteiger partial charge in [-0.15, -0.1) is 0 Å². The van der Waals surface area contributed by atoms with Crippen molar-refractivity contribution in [2.45, 2.75) is 20.3 Å². The third-order valence-corrected chi connectivity index (χ3v) is 5.10. The van der Waals surface area contributed by atoms with Crippen LogP contribution in [0.1, 0.15) is 18.1 Å². The SMILES string of the molecule is CCc1ccc(Oc2ncnc(Nc3nc4ccc(C)cc4s3)c2N)cc1. The minimum absolute atomic E-state index is 0.314. The zero-order valence-electron chi connectivity index (χ0n) is 15.1. The van der Waals surface area contributed by atoms with E-state index in [-0.39, 0.29) is 0 Å². The van der Waals surface area contributed by atoms with Crippen LogP contribution in [0.2, 0.25) is 0 Å². The van der Waals surface area contributed by atoms with Crippen LogP contribution < -0.4 is 15.8 Å². The summed E-state index contributed by atoms with van der Waals surface area (Å²) in [6.07, 6.45) is 2.40. The van der Waals surface area contributed by atoms with Crippen LogP contribution >= 0.6 is 11.3 Å². The number of thiazole rings is 1. The van der Waals surface area contributed by atoms with Crippen molar-refractivity contribution in [1.82, 2.24) is 15.0 Å². The topological polar surface area (TPSA) is 86.0 Å². The Balaban J connectivity index is 1.58. The molecule has 0 saturated heterocycles. The van der Waals surface area contributed by atoms with E-state index in [1.807, 2.05) is 36.4 Å². The maximum absolute atomic E-state index is 6.22. The van der Waals surface area contributed by atoms with E-state index >= 15 is 0 Å². The Morgan fingerprint density at radius 1 is 1.11 bits per heavy atom. The van der Waals surface area contributed by atoms with Crippen LogP contribution in [0.4, 0.5) is 16.6 Å². The number of nitrogens with two attached hydrogens (primary N) is 1. The lowest BCUT2D eigenvalue weighted by molar-refractivity contribution is 0.464. The van der Waals surface area contributed by atoms with Crippen LogP contribution in [0.5, 0.6) is 11.6 Å². The lowest BCUT2D eigenvalue weighted by Gasteiger charge is -2.10. The number of hydrogen-bond acceptors (Lipinski definition) is 7. The molecule has 6 nitrogen and oxygen atoms in total. The predicted molar refractivity (Wildman–Crippen MR) is 110 cm³/mol. The fourth-order valence-corrected chi connectivity index (χ4v) is 3.61. The molecule has 3 N–H and O–H groups in total. The van der Waals surface area contributed by atoms with Crippen molar-refractivity contribution in [3.63, 3.8) is 0 Å². The standard InChI is InChI=1S/C20H19N5OS/c1-3-13-5-7-14(8-6-13)26-19-17(21)18(22-11-23-19)25-20-24-15-9-4-12(2)10-16(15)27-20/h4-11H,3,21H2,1-2H3,(H,22,23,24,25). The normalized spacial score (nSPS) is 10.9. The minimum Gasteiger partial charge on any atom is -0.437 e. The van der Waals surface area contributed by atoms with Crippen molar-refractivity contribution in [1.29, 1.82) is 0 Å². The highest BCUT2D eigenvalue weighted by molar-refractivity contribution is 7.22. The van der Waals surface area contributed by atoms with Gasteiger partial charge >= 0.3 is 0 Å². The van der Waals surface area contributed by atoms with Crippen LogP contribution in [-0.2, 0) is 6.42 Å². The summed E-state index contributed by atoms with van der Waals surface area (Å²) in [4.78, 5) is 13.0. The second-order valence-electron chi connectivity index (χ2n) is 6.16. The van der Waals surface area contributed by atoms with Gasteiger partial charge in [-0.3, -0.25) is 0 Å². The van der Waals surface area contributed by atoms with Crippen molar-refractivity contribution >= 4 is 38.2 Å². The lowest BCUT2D eigenvalue weighted by Crippen LogP contribution is -2.03. The maximum atomic E-state index is 6.22. The van der Waals surface area contributed by atoms with Gasteiger partial charge in [-0.2, -0.15) is 4.98 Å². The molecule has 2 aromatic carbocycles. The van der Waals surface area contributed by atoms with Crippen molar-refractivity contribution in [2.24, 2.45) is 0 Å². The van der Waals surface area contributed by atoms with Gasteiger partial charge in [0.1, 0.15) is 17.8 Å². The number of aryl methyl sites for hydroxylation is 2. The van der Waals surface area contributed by atoms with E-state index in [0.29, 0.717) is 23.1 Å². The number of fused-ring (bicyclic) bond motifs is 1. The molecule has 0 saturated carbocycles. The number of anilines is 3. The molecule has 0 spiro atoms. The minimum atomic E-state index is 0.314. The van der Waals surface area contributed by atoms with E-state index < -0.39 is 0 Å². The summed E-state index contributed by atoms with van der Waals surface area (Å²) in [5.74, 6) is 1.47. The molecule has 0 aliphatic carbocycles. The Morgan fingerprint density at radius 2 is 1.93 bits per heavy atom. The summed E-state index contributed by atoms with van der Waals surface area (Å²) >= 11 is 1.55. The summed E-state index contributed by atoms with van der Waals surface area (Å²) < 4.78 is 6.94. The van der Waals surface area contributed by atoms with E-state index in [1.165, 1.54) is 17.5 Å². The van der Waals surface area contributed by atoms with Gasteiger partial charge in [-0.1, -0.05) is 36.5 Å². The second kappa shape index (κ2) is 7.20. The van der Waals surface area contributed by atoms with E-state index in [1.54, 1.807) is 11.3 Å². The van der Waals surface area contributed by atoms with Gasteiger partial charge in [0, 0.05) is 0 Å². The summed E-state index contributed by atoms with van der Waals surface area (Å²) in [5.41, 5.74) is 9.94. The molecular formula is C20H19N5OS. The molecule has 2 aromatic heterocycles. The number of nitrogens with one attached hydrogen (secondary N) is 1. The Bertz CT molecular complexity index is 1090. The maximum Gasteiger partial charge on any atom is 0.248 e. The molecule has 0 unspecified atom stereocenters. The molecule has 27 heavy (non-hydrogen) atoms. The molecule has 0 amide bonds. The fraction of sp³-hybridized carbons (Fsp3) is 0.150. The molecule has 4 aromatic rings. The van der Waals surface area contributed by atoms with Gasteiger partial charge in [0.2, 0.25) is 5.88 Å². The van der Waals surface area contributed by atoms with E-state index in [9.17, 15) is 0 Å². The highest BCUT2D eigenvalue weighted by Crippen LogP contribution is 2.33. The smallest absolute Gasteiger partial charge is 0.248 e. The number of benzene rings is 2. The second-order valence-corrected chi connectivity index (χ2v) is 7.19. The Labute approximate surface area is 161 Å². The molecule has 7 heteroatoms. The number of ether oxygens (including phenoxy) is 1. The van der Waals surface area contributed by atoms with Crippen molar-refractivity contribution in [3.05, 3.63) is 59.9 Å². The number of nitrogens with zero attached hydrogens (tertiary/aromatic N) is 3. The Hall–Kier alpha value is -3.19. The molecule has 0 fully saturated rings. The highest BCUT2D eigenvalue weighted by atomic mass is 32.1. The third kappa shape index (κ3) is 3.68. The molecule has 4 rings (SSSR count). The first-order valence-electron chi connectivity index (χ1n) is 8.64. The molecule has 136 valence electrons. The van der Waals surface area contributed by atoms with Crippen LogP contribution in [0.25, 0.3) is 10.2 Å². The van der Waals surface area contributed by atoms with Gasteiger partial charge in [0.25, 0.3) is 0 Å². The van der Waals surface area contributed by atoms with E-state index in [2.05, 4.69) is 40.2 Å². The van der Waals surface area contributed by atoms with Crippen molar-refractivity contribution in [2.75, 3.05) is 11.1 Å². The predicted octanol–water partition coefficient (Wildman–Crippen LogP) is 5.08. The number of nitrogen functional groups attached to an aromatic ring is 1. The van der Waals surface area contributed by atoms with Gasteiger partial charge in [0.05, 0.1) is 10.2 Å². The monoisotopic (exact) mass is 377 g/mol. The molecule has 0 aliphatic rings. The van der Waals surface area contributed by atoms with E-state index in [4.69, 9.17) is 10.5 Å². The first-order chi connectivity index (χ1) is 13.1. The Morgan fingerprint density at radius 3 is 2.70 bits per heavy atom. The largest absolute Gasteiger partial charge is 0.437 e. The van der Waals surface area contributed by atoms with Crippen LogP contribution in [0.3, 0.4) is 0 Å². The van der Waals surface area contributed by atoms with Gasteiger partial charge in [-0.25, -0.2) is 9.97 Å². The fourth-order valence-electron chi connectivity index (χ4n) is 2.65. The highest BCUT2D eigenvalue weighted by Gasteiger charge is 2.13. The molecule has 0 atom stereocenters. The van der Waals surface area contributed by atoms with Gasteiger partial charge in [0.15, 0.2) is 10.9 Å². The van der Waals surface area contributed by atoms with Crippen LogP contribution in [-0.4, -0.2) is 15.0 Å². The third-order valence-electron chi connectivity index (χ3n) is 4.16. The van der Waals surface area contributed by atoms with Crippen molar-refractivity contribution in [3.8, 4) is 11.6 Å². The number of rotatable bonds is 5. The molecule has 0 radical (unpaired) electrons. The molecule has 0 bridgehead atoms. The Kier molecular flexibility index (Phi) is 4.60. The molecule has 0 aliphatic heterocycles. The van der Waals surface area contributed by atoms with Crippen molar-refractivity contribution < 1.29 is 4.74 Å². The van der Waals surface area contributed by atoms with Crippen LogP contribution in [0.15, 0.2) is 48.8 Å². The lowest BCUT2D eigenvalue weighted by atomic mass is 10.2. The van der Waals surface area contributed by atoms with Crippen LogP contribution in [0, 0.1) is 6.92 Å². The van der Waals surface area contributed by atoms with Gasteiger partial charge < -0.3 is 15.8 Å². The number of hydrogen-bond donors (Lipinski definition) is 2. The van der Waals surface area contributed by atoms with E-state index in [0.717, 1.165) is 21.8 Å². The summed E-state index contributed by atoms with van der Waals surface area (Å²) in [6.45, 7) is 4.17.